The molecule has 3 heterocycles. The van der Waals surface area contributed by atoms with Crippen LogP contribution in [-0.2, 0) is 42.8 Å². The minimum absolute atomic E-state index is 0.209. The molecule has 0 aromatic carbocycles. The maximum Gasteiger partial charge on any atom is 0.364 e. The predicted octanol–water partition coefficient (Wildman–Crippen LogP) is 5.12. The Hall–Kier alpha value is -2.53. The number of carbonyl (C=O) groups is 3. The number of aliphatic hydroxyl groups excluding tert-OH is 11. The number of aliphatic carboxylic acids is 1. The van der Waals surface area contributed by atoms with E-state index in [2.05, 4.69) is 36.6 Å². The fraction of sp³-hybridized carbons (Fsp3) is 0.922. The minimum Gasteiger partial charge on any atom is -0.477 e. The number of unbranched alkanes of at least 4 members (excludes halogenated alkanes) is 28. The van der Waals surface area contributed by atoms with Crippen molar-refractivity contribution >= 4 is 17.8 Å². The number of ether oxygens (including phenoxy) is 6. The van der Waals surface area contributed by atoms with Gasteiger partial charge in [-0.2, -0.15) is 0 Å². The minimum atomic E-state index is -3.08. The Morgan fingerprint density at radius 3 is 1.59 bits per heavy atom. The standard InChI is InChI=1S/C64H118N2O21/c1-4-6-8-10-12-14-16-17-18-19-20-21-22-23-24-25-26-27-28-29-31-33-35-37-46(71)45(66-51(74)38-36-34-32-30-15-13-11-9-7-5-2)43-82-61-56(78)55(77)58(50(42-69)84-61)85-62-57(79)60(54(76)49(41-68)83-62)87-64(63(80)81)39-47(72)52(65-44(3)70)59(86-64)53(75)48(73)40-67/h11,13,45-50,52-62,67-69,71-73,75-79H,4-10,12,14-43H2,1-3H3,(H,65,70)(H,66,74)(H,80,81)/b13-11-. The van der Waals surface area contributed by atoms with Gasteiger partial charge in [0.1, 0.15) is 67.1 Å². The second-order valence-electron chi connectivity index (χ2n) is 24.7. The molecule has 0 spiro atoms. The first-order chi connectivity index (χ1) is 41.9. The van der Waals surface area contributed by atoms with Gasteiger partial charge in [0.15, 0.2) is 12.6 Å². The van der Waals surface area contributed by atoms with Gasteiger partial charge in [-0.3, -0.25) is 9.59 Å². The molecule has 23 heteroatoms. The van der Waals surface area contributed by atoms with E-state index >= 15 is 0 Å². The van der Waals surface area contributed by atoms with Gasteiger partial charge in [0.25, 0.3) is 5.79 Å². The molecular formula is C64H118N2O21. The van der Waals surface area contributed by atoms with Crippen molar-refractivity contribution in [3.63, 3.8) is 0 Å². The molecule has 0 radical (unpaired) electrons. The molecule has 0 aliphatic carbocycles. The number of carboxylic acids is 1. The van der Waals surface area contributed by atoms with Crippen LogP contribution in [0.5, 0.6) is 0 Å². The summed E-state index contributed by atoms with van der Waals surface area (Å²) in [4.78, 5) is 38.4. The van der Waals surface area contributed by atoms with Crippen LogP contribution in [0.1, 0.15) is 239 Å². The lowest BCUT2D eigenvalue weighted by Gasteiger charge is -2.50. The summed E-state index contributed by atoms with van der Waals surface area (Å²) in [5, 5.41) is 136. The summed E-state index contributed by atoms with van der Waals surface area (Å²) in [5.74, 6) is -6.12. The fourth-order valence-electron chi connectivity index (χ4n) is 11.8. The smallest absolute Gasteiger partial charge is 0.364 e. The van der Waals surface area contributed by atoms with E-state index in [4.69, 9.17) is 28.4 Å². The molecule has 3 saturated heterocycles. The Morgan fingerprint density at radius 1 is 0.586 bits per heavy atom. The van der Waals surface area contributed by atoms with Crippen molar-refractivity contribution in [3.8, 4) is 0 Å². The summed E-state index contributed by atoms with van der Waals surface area (Å²) < 4.78 is 34.8. The lowest BCUT2D eigenvalue weighted by molar-refractivity contribution is -0.386. The lowest BCUT2D eigenvalue weighted by Crippen LogP contribution is -2.70. The Morgan fingerprint density at radius 2 is 1.08 bits per heavy atom. The van der Waals surface area contributed by atoms with Crippen molar-refractivity contribution in [2.75, 3.05) is 26.4 Å². The van der Waals surface area contributed by atoms with Crippen LogP contribution in [0.3, 0.4) is 0 Å². The number of nitrogens with one attached hydrogen (secondary N) is 2. The maximum atomic E-state index is 13.4. The molecule has 14 N–H and O–H groups in total. The van der Waals surface area contributed by atoms with Gasteiger partial charge in [-0.1, -0.05) is 199 Å². The topological polar surface area (TPSA) is 373 Å². The number of carboxylic acid groups (broad SMARTS) is 1. The van der Waals surface area contributed by atoms with Crippen molar-refractivity contribution < 1.29 is 104 Å². The van der Waals surface area contributed by atoms with Gasteiger partial charge in [-0.25, -0.2) is 4.79 Å². The third-order valence-electron chi connectivity index (χ3n) is 17.2. The molecule has 23 nitrogen and oxygen atoms in total. The van der Waals surface area contributed by atoms with E-state index in [0.29, 0.717) is 19.3 Å². The maximum absolute atomic E-state index is 13.4. The largest absolute Gasteiger partial charge is 0.477 e. The number of hydrogen-bond acceptors (Lipinski definition) is 20. The van der Waals surface area contributed by atoms with E-state index in [-0.39, 0.29) is 18.9 Å². The van der Waals surface area contributed by atoms with Crippen LogP contribution in [0.25, 0.3) is 0 Å². The molecule has 3 rings (SSSR count). The quantitative estimate of drug-likeness (QED) is 0.0278. The van der Waals surface area contributed by atoms with E-state index in [9.17, 15) is 75.7 Å². The van der Waals surface area contributed by atoms with Gasteiger partial charge in [-0.05, 0) is 32.1 Å². The molecule has 3 fully saturated rings. The summed E-state index contributed by atoms with van der Waals surface area (Å²) in [6.45, 7) is 2.14. The van der Waals surface area contributed by atoms with Crippen molar-refractivity contribution in [3.05, 3.63) is 12.2 Å². The molecule has 0 saturated carbocycles. The van der Waals surface area contributed by atoms with Crippen LogP contribution in [-0.4, -0.2) is 215 Å². The molecule has 0 aromatic rings. The Kier molecular flexibility index (Phi) is 41.3. The van der Waals surface area contributed by atoms with Crippen molar-refractivity contribution in [1.82, 2.24) is 10.6 Å². The van der Waals surface area contributed by atoms with Gasteiger partial charge in [0.2, 0.25) is 11.8 Å². The van der Waals surface area contributed by atoms with Crippen LogP contribution in [0.4, 0.5) is 0 Å². The number of aliphatic hydroxyl groups is 11. The molecule has 3 aliphatic heterocycles. The number of allylic oxidation sites excluding steroid dienone is 2. The van der Waals surface area contributed by atoms with Crippen molar-refractivity contribution in [1.29, 1.82) is 0 Å². The van der Waals surface area contributed by atoms with Crippen molar-refractivity contribution in [2.24, 2.45) is 0 Å². The van der Waals surface area contributed by atoms with Crippen LogP contribution < -0.4 is 10.6 Å². The molecule has 0 bridgehead atoms. The van der Waals surface area contributed by atoms with Gasteiger partial charge in [0, 0.05) is 19.8 Å². The second-order valence-corrected chi connectivity index (χ2v) is 24.7. The van der Waals surface area contributed by atoms with Crippen LogP contribution in [0, 0.1) is 0 Å². The van der Waals surface area contributed by atoms with Crippen molar-refractivity contribution in [2.45, 2.75) is 349 Å². The first kappa shape index (κ1) is 78.7. The number of carbonyl (C=O) groups excluding carboxylic acids is 2. The third-order valence-corrected chi connectivity index (χ3v) is 17.2. The number of hydrogen-bond donors (Lipinski definition) is 14. The number of amides is 2. The van der Waals surface area contributed by atoms with E-state index < -0.39 is 148 Å². The van der Waals surface area contributed by atoms with Gasteiger partial charge in [0.05, 0.1) is 50.7 Å². The normalized spacial score (nSPS) is 29.2. The average Bonchev–Trinajstić information content (AvgIpc) is 1.23. The highest BCUT2D eigenvalue weighted by Crippen LogP contribution is 2.39. The van der Waals surface area contributed by atoms with E-state index in [1.807, 2.05) is 0 Å². The average molecular weight is 1250 g/mol. The van der Waals surface area contributed by atoms with E-state index in [1.165, 1.54) is 116 Å². The van der Waals surface area contributed by atoms with E-state index in [0.717, 1.165) is 77.6 Å². The van der Waals surface area contributed by atoms with Crippen LogP contribution in [0.15, 0.2) is 12.2 Å². The predicted molar refractivity (Wildman–Crippen MR) is 325 cm³/mol. The summed E-state index contributed by atoms with van der Waals surface area (Å²) >= 11 is 0. The Labute approximate surface area is 518 Å². The summed E-state index contributed by atoms with van der Waals surface area (Å²) in [6, 6.07) is -2.53. The van der Waals surface area contributed by atoms with Crippen LogP contribution in [0.2, 0.25) is 0 Å². The lowest BCUT2D eigenvalue weighted by atomic mass is 9.88. The molecule has 510 valence electrons. The molecule has 18 unspecified atom stereocenters. The fourth-order valence-corrected chi connectivity index (χ4v) is 11.8. The van der Waals surface area contributed by atoms with Gasteiger partial charge >= 0.3 is 5.97 Å². The highest BCUT2D eigenvalue weighted by Gasteiger charge is 2.60. The SMILES string of the molecule is CCCC/C=C\CCCCCCC(=O)NC(COC1OC(CO)C(OC2OC(CO)C(O)C(OC3(C(=O)O)CC(O)C(NC(C)=O)C(C(O)C(O)CO)O3)C2O)C(O)C1O)C(O)CCCCCCCCCCCCCCCCCCCCCCCCC. The summed E-state index contributed by atoms with van der Waals surface area (Å²) in [6.07, 6.45) is 12.5. The Bertz CT molecular complexity index is 1820. The molecule has 3 aliphatic rings. The molecular weight excluding hydrogens is 1130 g/mol. The van der Waals surface area contributed by atoms with Gasteiger partial charge < -0.3 is 100 Å². The summed E-state index contributed by atoms with van der Waals surface area (Å²) in [7, 11) is 0. The van der Waals surface area contributed by atoms with Crippen LogP contribution >= 0.6 is 0 Å². The molecule has 2 amide bonds. The zero-order valence-electron chi connectivity index (χ0n) is 52.9. The highest BCUT2D eigenvalue weighted by atomic mass is 16.8. The molecule has 87 heavy (non-hydrogen) atoms. The molecule has 18 atom stereocenters. The first-order valence-corrected chi connectivity index (χ1v) is 33.5. The first-order valence-electron chi connectivity index (χ1n) is 33.5. The van der Waals surface area contributed by atoms with E-state index in [1.54, 1.807) is 0 Å². The Balaban J connectivity index is 1.57. The molecule has 0 aromatic heterocycles. The second kappa shape index (κ2) is 45.7. The number of rotatable bonds is 50. The zero-order valence-corrected chi connectivity index (χ0v) is 52.9. The highest BCUT2D eigenvalue weighted by molar-refractivity contribution is 5.77. The summed E-state index contributed by atoms with van der Waals surface area (Å²) in [5.41, 5.74) is 0. The van der Waals surface area contributed by atoms with Gasteiger partial charge in [-0.15, -0.1) is 0 Å². The zero-order chi connectivity index (χ0) is 64.0. The third kappa shape index (κ3) is 28.9. The monoisotopic (exact) mass is 1250 g/mol.